The van der Waals surface area contributed by atoms with E-state index in [-0.39, 0.29) is 0 Å². The van der Waals surface area contributed by atoms with Crippen LogP contribution in [0.25, 0.3) is 0 Å². The summed E-state index contributed by atoms with van der Waals surface area (Å²) in [5.74, 6) is 0.601. The summed E-state index contributed by atoms with van der Waals surface area (Å²) >= 11 is 6.00. The van der Waals surface area contributed by atoms with Gasteiger partial charge in [-0.3, -0.25) is 0 Å². The lowest BCUT2D eigenvalue weighted by Gasteiger charge is -2.16. The molecule has 0 aromatic heterocycles. The minimum absolute atomic E-state index is 0.601. The van der Waals surface area contributed by atoms with Crippen molar-refractivity contribution in [3.63, 3.8) is 0 Å². The number of nitrogens with one attached hydrogen (secondary N) is 1. The summed E-state index contributed by atoms with van der Waals surface area (Å²) in [6.45, 7) is 3.32. The summed E-state index contributed by atoms with van der Waals surface area (Å²) in [5, 5.41) is 4.43. The molecule has 1 N–H and O–H groups in total. The molecule has 1 saturated carbocycles. The van der Waals surface area contributed by atoms with E-state index in [0.29, 0.717) is 5.92 Å². The van der Waals surface area contributed by atoms with Crippen molar-refractivity contribution < 1.29 is 0 Å². The van der Waals surface area contributed by atoms with Crippen molar-refractivity contribution in [3.8, 4) is 0 Å². The van der Waals surface area contributed by atoms with Crippen molar-refractivity contribution in [1.29, 1.82) is 0 Å². The van der Waals surface area contributed by atoms with Gasteiger partial charge in [0.25, 0.3) is 0 Å². The van der Waals surface area contributed by atoms with Crippen LogP contribution in [0.4, 0.5) is 0 Å². The van der Waals surface area contributed by atoms with Crippen LogP contribution >= 0.6 is 11.6 Å². The Labute approximate surface area is 96.8 Å². The van der Waals surface area contributed by atoms with Gasteiger partial charge in [0.15, 0.2) is 0 Å². The van der Waals surface area contributed by atoms with E-state index in [4.69, 9.17) is 11.6 Å². The summed E-state index contributed by atoms with van der Waals surface area (Å²) in [4.78, 5) is 0. The van der Waals surface area contributed by atoms with Crippen molar-refractivity contribution >= 4 is 11.6 Å². The van der Waals surface area contributed by atoms with Gasteiger partial charge < -0.3 is 5.32 Å². The van der Waals surface area contributed by atoms with Crippen LogP contribution in [0, 0.1) is 0 Å². The summed E-state index contributed by atoms with van der Waals surface area (Å²) < 4.78 is 0. The average Bonchev–Trinajstić information content (AvgIpc) is 3.03. The van der Waals surface area contributed by atoms with Crippen molar-refractivity contribution in [1.82, 2.24) is 5.32 Å². The molecule has 15 heavy (non-hydrogen) atoms. The van der Waals surface area contributed by atoms with Gasteiger partial charge >= 0.3 is 0 Å². The Morgan fingerprint density at radius 1 is 1.47 bits per heavy atom. The maximum absolute atomic E-state index is 6.00. The van der Waals surface area contributed by atoms with Gasteiger partial charge in [-0.15, -0.1) is 0 Å². The van der Waals surface area contributed by atoms with Gasteiger partial charge in [-0.1, -0.05) is 30.7 Å². The van der Waals surface area contributed by atoms with Crippen molar-refractivity contribution in [3.05, 3.63) is 34.9 Å². The predicted molar refractivity (Wildman–Crippen MR) is 65.5 cm³/mol. The summed E-state index contributed by atoms with van der Waals surface area (Å²) in [7, 11) is 0. The molecule has 1 aliphatic rings. The summed E-state index contributed by atoms with van der Waals surface area (Å²) in [6.07, 6.45) is 3.87. The van der Waals surface area contributed by atoms with Gasteiger partial charge in [0.2, 0.25) is 0 Å². The monoisotopic (exact) mass is 223 g/mol. The SMILES string of the molecule is CCC(CNC1CC1)c1cccc(Cl)c1. The van der Waals surface area contributed by atoms with Crippen LogP contribution in [0.3, 0.4) is 0 Å². The molecule has 1 aromatic rings. The van der Waals surface area contributed by atoms with Crippen LogP contribution in [-0.4, -0.2) is 12.6 Å². The average molecular weight is 224 g/mol. The zero-order chi connectivity index (χ0) is 10.7. The minimum atomic E-state index is 0.601. The van der Waals surface area contributed by atoms with Gasteiger partial charge in [0.1, 0.15) is 0 Å². The molecular weight excluding hydrogens is 206 g/mol. The first kappa shape index (κ1) is 11.0. The molecule has 0 aliphatic heterocycles. The van der Waals surface area contributed by atoms with E-state index in [0.717, 1.165) is 17.6 Å². The maximum Gasteiger partial charge on any atom is 0.0408 e. The number of hydrogen-bond acceptors (Lipinski definition) is 1. The van der Waals surface area contributed by atoms with Crippen molar-refractivity contribution in [2.75, 3.05) is 6.54 Å². The van der Waals surface area contributed by atoms with E-state index in [1.54, 1.807) is 0 Å². The Hall–Kier alpha value is -0.530. The van der Waals surface area contributed by atoms with Gasteiger partial charge in [0, 0.05) is 17.6 Å². The van der Waals surface area contributed by atoms with Crippen LogP contribution < -0.4 is 5.32 Å². The lowest BCUT2D eigenvalue weighted by atomic mass is 9.96. The number of halogens is 1. The smallest absolute Gasteiger partial charge is 0.0408 e. The molecule has 82 valence electrons. The molecule has 0 radical (unpaired) electrons. The van der Waals surface area contributed by atoms with Gasteiger partial charge in [-0.25, -0.2) is 0 Å². The van der Waals surface area contributed by atoms with Crippen LogP contribution in [-0.2, 0) is 0 Å². The van der Waals surface area contributed by atoms with Crippen LogP contribution in [0.1, 0.15) is 37.7 Å². The summed E-state index contributed by atoms with van der Waals surface area (Å²) in [6, 6.07) is 9.03. The molecule has 0 spiro atoms. The third-order valence-corrected chi connectivity index (χ3v) is 3.28. The second-order valence-corrected chi connectivity index (χ2v) is 4.78. The molecule has 2 heteroatoms. The fourth-order valence-electron chi connectivity index (χ4n) is 1.85. The molecule has 0 heterocycles. The normalized spacial score (nSPS) is 17.7. The second kappa shape index (κ2) is 5.00. The zero-order valence-corrected chi connectivity index (χ0v) is 9.93. The van der Waals surface area contributed by atoms with Gasteiger partial charge in [-0.05, 0) is 42.9 Å². The highest BCUT2D eigenvalue weighted by Gasteiger charge is 2.21. The highest BCUT2D eigenvalue weighted by molar-refractivity contribution is 6.30. The fraction of sp³-hybridized carbons (Fsp3) is 0.538. The topological polar surface area (TPSA) is 12.0 Å². The molecule has 1 nitrogen and oxygen atoms in total. The summed E-state index contributed by atoms with van der Waals surface area (Å²) in [5.41, 5.74) is 1.36. The van der Waals surface area contributed by atoms with E-state index < -0.39 is 0 Å². The van der Waals surface area contributed by atoms with Crippen molar-refractivity contribution in [2.45, 2.75) is 38.1 Å². The van der Waals surface area contributed by atoms with E-state index in [9.17, 15) is 0 Å². The molecule has 1 fully saturated rings. The molecule has 0 bridgehead atoms. The first-order valence-corrected chi connectivity index (χ1v) is 6.16. The van der Waals surface area contributed by atoms with Crippen LogP contribution in [0.5, 0.6) is 0 Å². The number of benzene rings is 1. The largest absolute Gasteiger partial charge is 0.313 e. The maximum atomic E-state index is 6.00. The molecule has 1 aromatic carbocycles. The molecule has 0 saturated heterocycles. The van der Waals surface area contributed by atoms with E-state index in [1.807, 2.05) is 12.1 Å². The lowest BCUT2D eigenvalue weighted by Crippen LogP contribution is -2.23. The van der Waals surface area contributed by atoms with Gasteiger partial charge in [-0.2, -0.15) is 0 Å². The number of rotatable bonds is 5. The van der Waals surface area contributed by atoms with E-state index in [2.05, 4.69) is 24.4 Å². The molecular formula is C13H18ClN. The molecule has 2 rings (SSSR count). The lowest BCUT2D eigenvalue weighted by molar-refractivity contribution is 0.567. The Balaban J connectivity index is 1.97. The van der Waals surface area contributed by atoms with Gasteiger partial charge in [0.05, 0.1) is 0 Å². The van der Waals surface area contributed by atoms with E-state index in [1.165, 1.54) is 24.8 Å². The fourth-order valence-corrected chi connectivity index (χ4v) is 2.05. The molecule has 1 atom stereocenters. The minimum Gasteiger partial charge on any atom is -0.313 e. The Bertz CT molecular complexity index is 320. The highest BCUT2D eigenvalue weighted by Crippen LogP contribution is 2.24. The van der Waals surface area contributed by atoms with Crippen LogP contribution in [0.2, 0.25) is 5.02 Å². The molecule has 1 aliphatic carbocycles. The third-order valence-electron chi connectivity index (χ3n) is 3.04. The first-order valence-electron chi connectivity index (χ1n) is 5.78. The predicted octanol–water partition coefficient (Wildman–Crippen LogP) is 3.59. The zero-order valence-electron chi connectivity index (χ0n) is 9.17. The number of hydrogen-bond donors (Lipinski definition) is 1. The Morgan fingerprint density at radius 2 is 2.27 bits per heavy atom. The highest BCUT2D eigenvalue weighted by atomic mass is 35.5. The Morgan fingerprint density at radius 3 is 2.87 bits per heavy atom. The molecule has 1 unspecified atom stereocenters. The Kier molecular flexibility index (Phi) is 3.66. The van der Waals surface area contributed by atoms with Crippen LogP contribution in [0.15, 0.2) is 24.3 Å². The molecule has 0 amide bonds. The third kappa shape index (κ3) is 3.22. The standard InChI is InChI=1S/C13H18ClN/c1-2-10(9-15-13-6-7-13)11-4-3-5-12(14)8-11/h3-5,8,10,13,15H,2,6-7,9H2,1H3. The quantitative estimate of drug-likeness (QED) is 0.805. The second-order valence-electron chi connectivity index (χ2n) is 4.34. The van der Waals surface area contributed by atoms with E-state index >= 15 is 0 Å². The van der Waals surface area contributed by atoms with Crippen molar-refractivity contribution in [2.24, 2.45) is 0 Å². The first-order chi connectivity index (χ1) is 7.29.